The number of hydrogen-bond acceptors (Lipinski definition) is 1. The SMILES string of the molecule is O=S(O)c1ccccc1.[K]. The molecule has 0 spiro atoms. The molecule has 10 heavy (non-hydrogen) atoms. The number of benzene rings is 1. The van der Waals surface area contributed by atoms with Gasteiger partial charge in [-0.05, 0) is 12.1 Å². The maximum absolute atomic E-state index is 10.3. The molecule has 0 saturated carbocycles. The van der Waals surface area contributed by atoms with Crippen LogP contribution in [0.5, 0.6) is 0 Å². The van der Waals surface area contributed by atoms with Crippen molar-refractivity contribution >= 4 is 62.5 Å². The molecule has 0 aliphatic rings. The van der Waals surface area contributed by atoms with E-state index in [2.05, 4.69) is 0 Å². The summed E-state index contributed by atoms with van der Waals surface area (Å²) >= 11 is -1.83. The van der Waals surface area contributed by atoms with E-state index in [0.29, 0.717) is 4.90 Å². The van der Waals surface area contributed by atoms with Crippen molar-refractivity contribution in [1.29, 1.82) is 0 Å². The van der Waals surface area contributed by atoms with Crippen LogP contribution in [-0.4, -0.2) is 60.1 Å². The van der Waals surface area contributed by atoms with Gasteiger partial charge in [-0.3, -0.25) is 0 Å². The Labute approximate surface area is 105 Å². The molecule has 1 aromatic rings. The first-order chi connectivity index (χ1) is 4.30. The molecule has 0 aliphatic carbocycles. The van der Waals surface area contributed by atoms with Gasteiger partial charge in [-0.2, -0.15) is 0 Å². The molecule has 1 atom stereocenters. The Hall–Kier alpha value is 0.966. The smallest absolute Gasteiger partial charge is 0.186 e. The summed E-state index contributed by atoms with van der Waals surface area (Å²) in [6.07, 6.45) is 0. The van der Waals surface area contributed by atoms with E-state index in [1.165, 1.54) is 0 Å². The van der Waals surface area contributed by atoms with E-state index in [9.17, 15) is 4.21 Å². The van der Waals surface area contributed by atoms with E-state index in [1.54, 1.807) is 30.3 Å². The van der Waals surface area contributed by atoms with E-state index in [-0.39, 0.29) is 51.4 Å². The average Bonchev–Trinajstić information content (AvgIpc) is 1.90. The maximum Gasteiger partial charge on any atom is 0.186 e. The standard InChI is InChI=1S/C6H6O2S.K/c7-9(8)6-4-2-1-3-5-6;/h1-5H,(H,7,8);. The molecule has 1 aromatic carbocycles. The first-order valence-corrected chi connectivity index (χ1v) is 3.57. The fraction of sp³-hybridized carbons (Fsp3) is 0. The first kappa shape index (κ1) is 11.0. The quantitative estimate of drug-likeness (QED) is 0.516. The summed E-state index contributed by atoms with van der Waals surface area (Å²) in [6.45, 7) is 0. The molecule has 1 unspecified atom stereocenters. The number of rotatable bonds is 1. The zero-order valence-electron chi connectivity index (χ0n) is 5.65. The van der Waals surface area contributed by atoms with Crippen LogP contribution in [0, 0.1) is 0 Å². The van der Waals surface area contributed by atoms with Gasteiger partial charge in [0.1, 0.15) is 0 Å². The molecule has 0 bridgehead atoms. The second-order valence-corrected chi connectivity index (χ2v) is 2.53. The van der Waals surface area contributed by atoms with Crippen LogP contribution >= 0.6 is 0 Å². The normalized spacial score (nSPS) is 11.7. The molecule has 2 nitrogen and oxygen atoms in total. The molecular weight excluding hydrogens is 175 g/mol. The molecule has 0 amide bonds. The third-order valence-electron chi connectivity index (χ3n) is 0.945. The number of hydrogen-bond donors (Lipinski definition) is 1. The Morgan fingerprint density at radius 1 is 1.20 bits per heavy atom. The molecule has 0 heterocycles. The van der Waals surface area contributed by atoms with Crippen molar-refractivity contribution in [3.05, 3.63) is 30.3 Å². The molecule has 1 radical (unpaired) electrons. The third kappa shape index (κ3) is 3.38. The first-order valence-electron chi connectivity index (χ1n) is 2.46. The summed E-state index contributed by atoms with van der Waals surface area (Å²) in [6, 6.07) is 8.47. The van der Waals surface area contributed by atoms with Crippen molar-refractivity contribution in [2.75, 3.05) is 0 Å². The molecular formula is C6H6KO2S. The monoisotopic (exact) mass is 181 g/mol. The fourth-order valence-corrected chi connectivity index (χ4v) is 0.927. The predicted molar refractivity (Wildman–Crippen MR) is 41.2 cm³/mol. The maximum atomic E-state index is 10.3. The molecule has 0 saturated heterocycles. The van der Waals surface area contributed by atoms with E-state index in [0.717, 1.165) is 0 Å². The predicted octanol–water partition coefficient (Wildman–Crippen LogP) is 0.886. The summed E-state index contributed by atoms with van der Waals surface area (Å²) in [7, 11) is 0. The van der Waals surface area contributed by atoms with Crippen LogP contribution in [0.15, 0.2) is 35.2 Å². The van der Waals surface area contributed by atoms with Gasteiger partial charge in [-0.1, -0.05) is 18.2 Å². The molecule has 4 heteroatoms. The van der Waals surface area contributed by atoms with Gasteiger partial charge in [-0.15, -0.1) is 0 Å². The van der Waals surface area contributed by atoms with E-state index >= 15 is 0 Å². The molecule has 0 aromatic heterocycles. The van der Waals surface area contributed by atoms with Crippen molar-refractivity contribution in [2.24, 2.45) is 0 Å². The van der Waals surface area contributed by atoms with Crippen LogP contribution in [0.25, 0.3) is 0 Å². The zero-order valence-corrected chi connectivity index (χ0v) is 9.59. The van der Waals surface area contributed by atoms with Gasteiger partial charge in [0.2, 0.25) is 0 Å². The minimum Gasteiger partial charge on any atom is -0.302 e. The van der Waals surface area contributed by atoms with Crippen LogP contribution in [-0.2, 0) is 11.1 Å². The van der Waals surface area contributed by atoms with Gasteiger partial charge in [0, 0.05) is 51.4 Å². The summed E-state index contributed by atoms with van der Waals surface area (Å²) in [5.41, 5.74) is 0. The van der Waals surface area contributed by atoms with Crippen LogP contribution in [0.1, 0.15) is 0 Å². The zero-order chi connectivity index (χ0) is 6.69. The van der Waals surface area contributed by atoms with Crippen molar-refractivity contribution in [2.45, 2.75) is 4.90 Å². The Bertz CT molecular complexity index is 212. The van der Waals surface area contributed by atoms with Crippen LogP contribution in [0.2, 0.25) is 0 Å². The van der Waals surface area contributed by atoms with Crippen LogP contribution in [0.3, 0.4) is 0 Å². The minimum atomic E-state index is -1.83. The van der Waals surface area contributed by atoms with Crippen LogP contribution in [0.4, 0.5) is 0 Å². The molecule has 1 N–H and O–H groups in total. The van der Waals surface area contributed by atoms with Gasteiger partial charge < -0.3 is 4.55 Å². The average molecular weight is 181 g/mol. The summed E-state index contributed by atoms with van der Waals surface area (Å²) in [5.74, 6) is 0. The minimum absolute atomic E-state index is 0. The summed E-state index contributed by atoms with van der Waals surface area (Å²) in [5, 5.41) is 0. The second-order valence-electron chi connectivity index (χ2n) is 1.56. The van der Waals surface area contributed by atoms with Gasteiger partial charge in [0.05, 0.1) is 4.90 Å². The summed E-state index contributed by atoms with van der Waals surface area (Å²) in [4.78, 5) is 0.442. The Morgan fingerprint density at radius 3 is 2.00 bits per heavy atom. The fourth-order valence-electron chi connectivity index (χ4n) is 0.537. The molecule has 1 rings (SSSR count). The third-order valence-corrected chi connectivity index (χ3v) is 1.62. The van der Waals surface area contributed by atoms with E-state index in [4.69, 9.17) is 4.55 Å². The van der Waals surface area contributed by atoms with Gasteiger partial charge in [0.15, 0.2) is 11.1 Å². The second kappa shape index (κ2) is 5.60. The largest absolute Gasteiger partial charge is 0.302 e. The van der Waals surface area contributed by atoms with Crippen molar-refractivity contribution in [1.82, 2.24) is 0 Å². The molecule has 49 valence electrons. The van der Waals surface area contributed by atoms with Gasteiger partial charge in [0.25, 0.3) is 0 Å². The van der Waals surface area contributed by atoms with Crippen molar-refractivity contribution < 1.29 is 8.76 Å². The topological polar surface area (TPSA) is 37.3 Å². The Balaban J connectivity index is 0.000000810. The van der Waals surface area contributed by atoms with E-state index < -0.39 is 11.1 Å². The van der Waals surface area contributed by atoms with Crippen molar-refractivity contribution in [3.8, 4) is 0 Å². The van der Waals surface area contributed by atoms with Gasteiger partial charge >= 0.3 is 0 Å². The van der Waals surface area contributed by atoms with Crippen LogP contribution < -0.4 is 0 Å². The Morgan fingerprint density at radius 2 is 1.70 bits per heavy atom. The van der Waals surface area contributed by atoms with Gasteiger partial charge in [-0.25, -0.2) is 4.21 Å². The van der Waals surface area contributed by atoms with Crippen molar-refractivity contribution in [3.63, 3.8) is 0 Å². The molecule has 0 fully saturated rings. The summed E-state index contributed by atoms with van der Waals surface area (Å²) < 4.78 is 18.8. The van der Waals surface area contributed by atoms with E-state index in [1.807, 2.05) is 0 Å². The molecule has 0 aliphatic heterocycles. The Kier molecular flexibility index (Phi) is 6.14.